The van der Waals surface area contributed by atoms with Gasteiger partial charge in [0.25, 0.3) is 0 Å². The van der Waals surface area contributed by atoms with Crippen LogP contribution in [0.5, 0.6) is 5.88 Å². The van der Waals surface area contributed by atoms with Gasteiger partial charge in [-0.1, -0.05) is 44.5 Å². The van der Waals surface area contributed by atoms with Crippen molar-refractivity contribution in [3.8, 4) is 16.6 Å². The van der Waals surface area contributed by atoms with E-state index in [0.717, 1.165) is 11.1 Å². The molecule has 0 aliphatic rings. The van der Waals surface area contributed by atoms with Crippen molar-refractivity contribution in [2.45, 2.75) is 65.5 Å². The first-order valence-electron chi connectivity index (χ1n) is 12.6. The summed E-state index contributed by atoms with van der Waals surface area (Å²) < 4.78 is 20.4. The van der Waals surface area contributed by atoms with Gasteiger partial charge in [0, 0.05) is 16.8 Å². The largest absolute Gasteiger partial charge is 0.468 e. The number of nitrogens with zero attached hydrogens (tertiary/aromatic N) is 4. The van der Waals surface area contributed by atoms with Gasteiger partial charge in [-0.2, -0.15) is 4.98 Å². The van der Waals surface area contributed by atoms with E-state index in [1.54, 1.807) is 25.5 Å². The molecule has 39 heavy (non-hydrogen) atoms. The summed E-state index contributed by atoms with van der Waals surface area (Å²) in [5.74, 6) is -0.310. The Morgan fingerprint density at radius 1 is 1.23 bits per heavy atom. The van der Waals surface area contributed by atoms with Crippen LogP contribution in [-0.4, -0.2) is 40.2 Å². The van der Waals surface area contributed by atoms with Gasteiger partial charge in [0.1, 0.15) is 21.4 Å². The quantitative estimate of drug-likeness (QED) is 0.133. The molecule has 0 unspecified atom stereocenters. The summed E-state index contributed by atoms with van der Waals surface area (Å²) in [7, 11) is -1.89. The van der Waals surface area contributed by atoms with Crippen LogP contribution in [-0.2, 0) is 15.8 Å². The van der Waals surface area contributed by atoms with Crippen LogP contribution in [0.4, 0.5) is 0 Å². The summed E-state index contributed by atoms with van der Waals surface area (Å²) in [6.07, 6.45) is 4.65. The molecule has 0 spiro atoms. The molecule has 0 saturated heterocycles. The maximum absolute atomic E-state index is 12.8. The number of esters is 1. The first-order chi connectivity index (χ1) is 18.3. The molecule has 0 N–H and O–H groups in total. The summed E-state index contributed by atoms with van der Waals surface area (Å²) >= 11 is 11.3. The highest BCUT2D eigenvalue weighted by molar-refractivity contribution is 9.10. The first-order valence-corrected chi connectivity index (χ1v) is 17.5. The predicted molar refractivity (Wildman–Crippen MR) is 160 cm³/mol. The zero-order valence-corrected chi connectivity index (χ0v) is 27.2. The van der Waals surface area contributed by atoms with Crippen molar-refractivity contribution in [3.63, 3.8) is 0 Å². The zero-order chi connectivity index (χ0) is 28.5. The van der Waals surface area contributed by atoms with Gasteiger partial charge in [-0.05, 0) is 59.5 Å². The number of rotatable bonds is 9. The fourth-order valence-corrected chi connectivity index (χ4v) is 6.07. The van der Waals surface area contributed by atoms with Crippen molar-refractivity contribution in [2.24, 2.45) is 0 Å². The molecular weight excluding hydrogens is 620 g/mol. The van der Waals surface area contributed by atoms with E-state index in [1.165, 1.54) is 11.3 Å². The van der Waals surface area contributed by atoms with E-state index in [0.29, 0.717) is 32.6 Å². The van der Waals surface area contributed by atoms with Gasteiger partial charge in [0.2, 0.25) is 5.88 Å². The van der Waals surface area contributed by atoms with Crippen LogP contribution in [0, 0.1) is 0 Å². The minimum Gasteiger partial charge on any atom is -0.468 e. The highest BCUT2D eigenvalue weighted by atomic mass is 79.9. The lowest BCUT2D eigenvalue weighted by Crippen LogP contribution is -2.40. The number of carbonyl (C=O) groups excluding carboxylic acids is 1. The molecule has 12 heteroatoms. The number of fused-ring (bicyclic) bond motifs is 1. The molecule has 1 aromatic carbocycles. The Morgan fingerprint density at radius 3 is 2.64 bits per heavy atom. The van der Waals surface area contributed by atoms with Gasteiger partial charge in [-0.15, -0.1) is 11.3 Å². The van der Waals surface area contributed by atoms with Gasteiger partial charge in [-0.3, -0.25) is 4.40 Å². The fraction of sp³-hybridized carbons (Fsp3) is 0.407. The zero-order valence-electron chi connectivity index (χ0n) is 23.0. The maximum atomic E-state index is 12.8. The van der Waals surface area contributed by atoms with E-state index in [4.69, 9.17) is 25.5 Å². The normalized spacial score (nSPS) is 13.1. The van der Waals surface area contributed by atoms with Crippen LogP contribution < -0.4 is 4.74 Å². The minimum absolute atomic E-state index is 0.124. The molecular formula is C27H32BrClN4O4SSi. The molecule has 4 aromatic rings. The number of ether oxygens (including phenoxy) is 2. The van der Waals surface area contributed by atoms with Gasteiger partial charge >= 0.3 is 5.97 Å². The Balaban J connectivity index is 1.59. The Bertz CT molecular complexity index is 1500. The maximum Gasteiger partial charge on any atom is 0.354 e. The lowest BCUT2D eigenvalue weighted by molar-refractivity contribution is 0.0525. The van der Waals surface area contributed by atoms with Crippen molar-refractivity contribution in [2.75, 3.05) is 6.61 Å². The lowest BCUT2D eigenvalue weighted by atomic mass is 10.1. The van der Waals surface area contributed by atoms with Crippen LogP contribution in [0.1, 0.15) is 61.5 Å². The average Bonchev–Trinajstić information content (AvgIpc) is 3.46. The summed E-state index contributed by atoms with van der Waals surface area (Å²) in [6, 6.07) is 5.84. The molecule has 208 valence electrons. The number of halogens is 2. The van der Waals surface area contributed by atoms with Crippen LogP contribution in [0.15, 0.2) is 41.4 Å². The molecule has 0 fully saturated rings. The summed E-state index contributed by atoms with van der Waals surface area (Å²) in [5.41, 5.74) is 3.13. The third-order valence-electron chi connectivity index (χ3n) is 6.84. The lowest BCUT2D eigenvalue weighted by Gasteiger charge is -2.36. The number of carbonyl (C=O) groups is 1. The SMILES string of the molecule is CCOC(=O)c1sc(-c2cnc3cnc(Br)cn23)nc1O[C@H](C)c1ccc(CO[Si](C)(C)C(C)(C)C)cc1Cl. The Labute approximate surface area is 247 Å². The van der Waals surface area contributed by atoms with E-state index in [2.05, 4.69) is 64.7 Å². The number of aromatic nitrogens is 4. The minimum atomic E-state index is -1.89. The number of hydrogen-bond acceptors (Lipinski definition) is 8. The van der Waals surface area contributed by atoms with Crippen LogP contribution in [0.25, 0.3) is 16.3 Å². The molecule has 1 atom stereocenters. The molecule has 0 aliphatic carbocycles. The van der Waals surface area contributed by atoms with Crippen LogP contribution in [0.2, 0.25) is 23.2 Å². The monoisotopic (exact) mass is 650 g/mol. The molecule has 0 aliphatic heterocycles. The van der Waals surface area contributed by atoms with Crippen molar-refractivity contribution in [1.29, 1.82) is 0 Å². The highest BCUT2D eigenvalue weighted by Crippen LogP contribution is 2.39. The first kappa shape index (κ1) is 29.7. The Hall–Kier alpha value is -2.31. The Kier molecular flexibility index (Phi) is 8.87. The summed E-state index contributed by atoms with van der Waals surface area (Å²) in [5, 5.41) is 1.25. The third kappa shape index (κ3) is 6.54. The number of thiazole rings is 1. The number of imidazole rings is 1. The number of hydrogen-bond donors (Lipinski definition) is 0. The second-order valence-electron chi connectivity index (χ2n) is 10.6. The summed E-state index contributed by atoms with van der Waals surface area (Å²) in [6.45, 7) is 15.5. The van der Waals surface area contributed by atoms with Crippen molar-refractivity contribution >= 4 is 58.8 Å². The molecule has 0 radical (unpaired) electrons. The molecule has 0 saturated carbocycles. The highest BCUT2D eigenvalue weighted by Gasteiger charge is 2.37. The molecule has 3 aromatic heterocycles. The van der Waals surface area contributed by atoms with E-state index < -0.39 is 20.4 Å². The fourth-order valence-electron chi connectivity index (χ4n) is 3.55. The van der Waals surface area contributed by atoms with Gasteiger partial charge in [-0.25, -0.2) is 14.8 Å². The third-order valence-corrected chi connectivity index (χ3v) is 13.1. The average molecular weight is 652 g/mol. The molecule has 3 heterocycles. The van der Waals surface area contributed by atoms with E-state index in [-0.39, 0.29) is 22.4 Å². The second kappa shape index (κ2) is 11.7. The molecule has 0 bridgehead atoms. The van der Waals surface area contributed by atoms with Crippen LogP contribution >= 0.6 is 38.9 Å². The molecule has 8 nitrogen and oxygen atoms in total. The van der Waals surface area contributed by atoms with E-state index >= 15 is 0 Å². The standard InChI is InChI=1S/C27H32BrClN4O4SSi/c1-8-35-26(34)23-24(32-25(38-23)20-12-31-22-13-30-21(28)14-33(20)22)37-16(2)18-10-9-17(11-19(18)29)15-36-39(6,7)27(3,4)5/h9-14,16H,8,15H2,1-7H3/t16-/m1/s1. The Morgan fingerprint density at radius 2 is 1.97 bits per heavy atom. The van der Waals surface area contributed by atoms with Gasteiger partial charge in [0.05, 0.1) is 25.6 Å². The van der Waals surface area contributed by atoms with Gasteiger partial charge in [0.15, 0.2) is 18.8 Å². The van der Waals surface area contributed by atoms with E-state index in [1.807, 2.05) is 29.5 Å². The molecule has 4 rings (SSSR count). The topological polar surface area (TPSA) is 87.8 Å². The van der Waals surface area contributed by atoms with Crippen LogP contribution in [0.3, 0.4) is 0 Å². The molecule has 0 amide bonds. The van der Waals surface area contributed by atoms with E-state index in [9.17, 15) is 4.79 Å². The summed E-state index contributed by atoms with van der Waals surface area (Å²) in [4.78, 5) is 26.4. The second-order valence-corrected chi connectivity index (χ2v) is 17.6. The predicted octanol–water partition coefficient (Wildman–Crippen LogP) is 8.11. The van der Waals surface area contributed by atoms with Gasteiger partial charge < -0.3 is 13.9 Å². The number of benzene rings is 1. The van der Waals surface area contributed by atoms with Crippen molar-refractivity contribution in [1.82, 2.24) is 19.4 Å². The van der Waals surface area contributed by atoms with Crippen molar-refractivity contribution in [3.05, 3.63) is 62.4 Å². The van der Waals surface area contributed by atoms with Crippen molar-refractivity contribution < 1.29 is 18.7 Å². The smallest absolute Gasteiger partial charge is 0.354 e.